The molecule has 0 bridgehead atoms. The summed E-state index contributed by atoms with van der Waals surface area (Å²) in [5, 5.41) is 1.77. The first-order valence-corrected chi connectivity index (χ1v) is 5.83. The molecule has 1 atom stereocenters. The van der Waals surface area contributed by atoms with Gasteiger partial charge in [0.25, 0.3) is 0 Å². The predicted molar refractivity (Wildman–Crippen MR) is 63.3 cm³/mol. The SMILES string of the molecule is COc1csc(C(N)c2cccc(F)c2F)c1. The van der Waals surface area contributed by atoms with Gasteiger partial charge in [-0.25, -0.2) is 8.78 Å². The zero-order chi connectivity index (χ0) is 12.4. The molecular formula is C12H11F2NOS. The van der Waals surface area contributed by atoms with Gasteiger partial charge in [0, 0.05) is 15.8 Å². The molecule has 0 aliphatic rings. The Morgan fingerprint density at radius 3 is 2.76 bits per heavy atom. The van der Waals surface area contributed by atoms with Crippen molar-refractivity contribution in [1.82, 2.24) is 0 Å². The van der Waals surface area contributed by atoms with E-state index in [-0.39, 0.29) is 5.56 Å². The lowest BCUT2D eigenvalue weighted by Crippen LogP contribution is -2.12. The van der Waals surface area contributed by atoms with Gasteiger partial charge in [-0.3, -0.25) is 0 Å². The molecule has 2 N–H and O–H groups in total. The first-order valence-electron chi connectivity index (χ1n) is 4.95. The quantitative estimate of drug-likeness (QED) is 0.914. The van der Waals surface area contributed by atoms with Crippen LogP contribution in [0.2, 0.25) is 0 Å². The number of hydrogen-bond donors (Lipinski definition) is 1. The van der Waals surface area contributed by atoms with Gasteiger partial charge in [-0.1, -0.05) is 12.1 Å². The van der Waals surface area contributed by atoms with Gasteiger partial charge in [-0.2, -0.15) is 0 Å². The van der Waals surface area contributed by atoms with E-state index in [1.165, 1.54) is 23.5 Å². The summed E-state index contributed by atoms with van der Waals surface area (Å²) < 4.78 is 31.6. The van der Waals surface area contributed by atoms with E-state index in [4.69, 9.17) is 10.5 Å². The van der Waals surface area contributed by atoms with Crippen LogP contribution in [0.15, 0.2) is 29.6 Å². The Labute approximate surface area is 102 Å². The van der Waals surface area contributed by atoms with Crippen LogP contribution in [0.4, 0.5) is 8.78 Å². The summed E-state index contributed by atoms with van der Waals surface area (Å²) in [6.07, 6.45) is 0. The largest absolute Gasteiger partial charge is 0.496 e. The van der Waals surface area contributed by atoms with Crippen LogP contribution < -0.4 is 10.5 Å². The Morgan fingerprint density at radius 2 is 2.12 bits per heavy atom. The van der Waals surface area contributed by atoms with Gasteiger partial charge in [-0.05, 0) is 12.1 Å². The standard InChI is InChI=1S/C12H11F2NOS/c1-16-7-5-10(17-6-7)12(15)8-3-2-4-9(13)11(8)14/h2-6,12H,15H2,1H3. The number of benzene rings is 1. The van der Waals surface area contributed by atoms with Gasteiger partial charge in [-0.15, -0.1) is 11.3 Å². The van der Waals surface area contributed by atoms with E-state index in [1.807, 2.05) is 0 Å². The third-order valence-electron chi connectivity index (χ3n) is 2.45. The highest BCUT2D eigenvalue weighted by atomic mass is 32.1. The molecule has 0 spiro atoms. The van der Waals surface area contributed by atoms with Crippen LogP contribution in [-0.2, 0) is 0 Å². The Bertz CT molecular complexity index is 527. The van der Waals surface area contributed by atoms with Crippen LogP contribution in [0.5, 0.6) is 5.75 Å². The van der Waals surface area contributed by atoms with Crippen molar-refractivity contribution in [3.63, 3.8) is 0 Å². The average molecular weight is 255 g/mol. The van der Waals surface area contributed by atoms with Crippen LogP contribution in [0, 0.1) is 11.6 Å². The fraction of sp³-hybridized carbons (Fsp3) is 0.167. The fourth-order valence-electron chi connectivity index (χ4n) is 1.52. The second-order valence-electron chi connectivity index (χ2n) is 3.51. The van der Waals surface area contributed by atoms with Crippen LogP contribution in [0.3, 0.4) is 0 Å². The molecule has 90 valence electrons. The Hall–Kier alpha value is -1.46. The molecule has 17 heavy (non-hydrogen) atoms. The van der Waals surface area contributed by atoms with E-state index in [0.717, 1.165) is 10.9 Å². The van der Waals surface area contributed by atoms with Gasteiger partial charge in [0.1, 0.15) is 5.75 Å². The average Bonchev–Trinajstić information content (AvgIpc) is 2.80. The second kappa shape index (κ2) is 4.81. The van der Waals surface area contributed by atoms with E-state index in [1.54, 1.807) is 18.6 Å². The zero-order valence-corrected chi connectivity index (χ0v) is 9.93. The summed E-state index contributed by atoms with van der Waals surface area (Å²) in [5.74, 6) is -1.12. The van der Waals surface area contributed by atoms with Gasteiger partial charge >= 0.3 is 0 Å². The molecule has 1 aromatic carbocycles. The number of halogens is 2. The van der Waals surface area contributed by atoms with Gasteiger partial charge in [0.05, 0.1) is 13.2 Å². The van der Waals surface area contributed by atoms with Crippen molar-refractivity contribution in [2.75, 3.05) is 7.11 Å². The minimum Gasteiger partial charge on any atom is -0.496 e. The van der Waals surface area contributed by atoms with Crippen molar-refractivity contribution < 1.29 is 13.5 Å². The van der Waals surface area contributed by atoms with Gasteiger partial charge < -0.3 is 10.5 Å². The summed E-state index contributed by atoms with van der Waals surface area (Å²) in [5.41, 5.74) is 6.05. The number of thiophene rings is 1. The van der Waals surface area contributed by atoms with Crippen LogP contribution >= 0.6 is 11.3 Å². The number of nitrogens with two attached hydrogens (primary N) is 1. The molecule has 0 radical (unpaired) electrons. The molecule has 1 unspecified atom stereocenters. The van der Waals surface area contributed by atoms with E-state index in [0.29, 0.717) is 5.75 Å². The molecule has 2 rings (SSSR count). The molecule has 1 heterocycles. The number of methoxy groups -OCH3 is 1. The molecule has 1 aromatic heterocycles. The zero-order valence-electron chi connectivity index (χ0n) is 9.11. The number of rotatable bonds is 3. The fourth-order valence-corrected chi connectivity index (χ4v) is 2.39. The van der Waals surface area contributed by atoms with E-state index < -0.39 is 17.7 Å². The minimum absolute atomic E-state index is 0.148. The highest BCUT2D eigenvalue weighted by molar-refractivity contribution is 7.10. The molecule has 0 aliphatic heterocycles. The third kappa shape index (κ3) is 2.30. The lowest BCUT2D eigenvalue weighted by Gasteiger charge is -2.11. The topological polar surface area (TPSA) is 35.2 Å². The van der Waals surface area contributed by atoms with E-state index in [9.17, 15) is 8.78 Å². The van der Waals surface area contributed by atoms with Crippen molar-refractivity contribution in [3.8, 4) is 5.75 Å². The van der Waals surface area contributed by atoms with Crippen molar-refractivity contribution in [1.29, 1.82) is 0 Å². The smallest absolute Gasteiger partial charge is 0.163 e. The molecule has 0 fully saturated rings. The maximum atomic E-state index is 13.5. The number of ether oxygens (including phenoxy) is 1. The molecular weight excluding hydrogens is 244 g/mol. The maximum Gasteiger partial charge on any atom is 0.163 e. The molecule has 2 aromatic rings. The molecule has 0 aliphatic carbocycles. The summed E-state index contributed by atoms with van der Waals surface area (Å²) >= 11 is 1.35. The summed E-state index contributed by atoms with van der Waals surface area (Å²) in [4.78, 5) is 0.728. The van der Waals surface area contributed by atoms with E-state index >= 15 is 0 Å². The van der Waals surface area contributed by atoms with Crippen molar-refractivity contribution >= 4 is 11.3 Å². The molecule has 0 saturated carbocycles. The van der Waals surface area contributed by atoms with Crippen LogP contribution in [0.25, 0.3) is 0 Å². The second-order valence-corrected chi connectivity index (χ2v) is 4.45. The van der Waals surface area contributed by atoms with Gasteiger partial charge in [0.2, 0.25) is 0 Å². The highest BCUT2D eigenvalue weighted by Gasteiger charge is 2.18. The molecule has 2 nitrogen and oxygen atoms in total. The summed E-state index contributed by atoms with van der Waals surface area (Å²) in [6.45, 7) is 0. The lowest BCUT2D eigenvalue weighted by atomic mass is 10.1. The summed E-state index contributed by atoms with van der Waals surface area (Å²) in [6, 6.07) is 5.04. The highest BCUT2D eigenvalue weighted by Crippen LogP contribution is 2.30. The van der Waals surface area contributed by atoms with Crippen molar-refractivity contribution in [2.24, 2.45) is 5.73 Å². The molecule has 5 heteroatoms. The Balaban J connectivity index is 2.36. The summed E-state index contributed by atoms with van der Waals surface area (Å²) in [7, 11) is 1.54. The number of hydrogen-bond acceptors (Lipinski definition) is 3. The normalized spacial score (nSPS) is 12.5. The Morgan fingerprint density at radius 1 is 1.35 bits per heavy atom. The minimum atomic E-state index is -0.896. The van der Waals surface area contributed by atoms with Gasteiger partial charge in [0.15, 0.2) is 11.6 Å². The van der Waals surface area contributed by atoms with E-state index in [2.05, 4.69) is 0 Å². The monoisotopic (exact) mass is 255 g/mol. The molecule has 0 amide bonds. The first kappa shape index (κ1) is 12.0. The van der Waals surface area contributed by atoms with Crippen molar-refractivity contribution in [3.05, 3.63) is 51.7 Å². The molecule has 0 saturated heterocycles. The maximum absolute atomic E-state index is 13.5. The van der Waals surface area contributed by atoms with Crippen LogP contribution in [-0.4, -0.2) is 7.11 Å². The first-order chi connectivity index (χ1) is 8.13. The predicted octanol–water partition coefficient (Wildman–Crippen LogP) is 3.08. The van der Waals surface area contributed by atoms with Crippen molar-refractivity contribution in [2.45, 2.75) is 6.04 Å². The Kier molecular flexibility index (Phi) is 3.40. The van der Waals surface area contributed by atoms with Crippen LogP contribution in [0.1, 0.15) is 16.5 Å². The lowest BCUT2D eigenvalue weighted by molar-refractivity contribution is 0.416. The third-order valence-corrected chi connectivity index (χ3v) is 3.45.